The zero-order valence-corrected chi connectivity index (χ0v) is 8.87. The number of aromatic nitrogens is 1. The number of hydrogen-bond acceptors (Lipinski definition) is 4. The minimum absolute atomic E-state index is 0.00354. The summed E-state index contributed by atoms with van der Waals surface area (Å²) in [5, 5.41) is 0. The minimum atomic E-state index is -0.651. The van der Waals surface area contributed by atoms with Crippen LogP contribution in [-0.2, 0) is 4.74 Å². The highest BCUT2D eigenvalue weighted by molar-refractivity contribution is 5.88. The van der Waals surface area contributed by atoms with E-state index in [-0.39, 0.29) is 11.4 Å². The van der Waals surface area contributed by atoms with Gasteiger partial charge in [0, 0.05) is 0 Å². The number of hydrogen-bond donors (Lipinski definition) is 1. The molecule has 1 rings (SSSR count). The van der Waals surface area contributed by atoms with Gasteiger partial charge in [-0.15, -0.1) is 0 Å². The maximum Gasteiger partial charge on any atom is 0.357 e. The van der Waals surface area contributed by atoms with Crippen molar-refractivity contribution in [3.8, 4) is 0 Å². The van der Waals surface area contributed by atoms with Crippen molar-refractivity contribution in [2.24, 2.45) is 0 Å². The van der Waals surface area contributed by atoms with Crippen molar-refractivity contribution in [1.29, 1.82) is 0 Å². The quantitative estimate of drug-likeness (QED) is 0.720. The fourth-order valence-corrected chi connectivity index (χ4v) is 0.896. The molecule has 1 aromatic rings. The van der Waals surface area contributed by atoms with Crippen molar-refractivity contribution in [1.82, 2.24) is 4.98 Å². The number of nitrogen functional groups attached to an aromatic ring is 1. The summed E-state index contributed by atoms with van der Waals surface area (Å²) in [5.74, 6) is -1.27. The second kappa shape index (κ2) is 3.84. The van der Waals surface area contributed by atoms with Gasteiger partial charge in [-0.25, -0.2) is 14.2 Å². The van der Waals surface area contributed by atoms with Crippen molar-refractivity contribution in [2.75, 3.05) is 5.73 Å². The Morgan fingerprint density at radius 3 is 2.60 bits per heavy atom. The first-order chi connectivity index (χ1) is 6.79. The molecule has 0 spiro atoms. The van der Waals surface area contributed by atoms with Gasteiger partial charge >= 0.3 is 5.97 Å². The lowest BCUT2D eigenvalue weighted by Crippen LogP contribution is -2.24. The van der Waals surface area contributed by atoms with E-state index in [9.17, 15) is 9.18 Å². The molecule has 1 heterocycles. The molecule has 0 radical (unpaired) electrons. The van der Waals surface area contributed by atoms with Gasteiger partial charge in [0.05, 0.1) is 11.9 Å². The van der Waals surface area contributed by atoms with Crippen molar-refractivity contribution in [3.63, 3.8) is 0 Å². The first-order valence-electron chi connectivity index (χ1n) is 4.44. The number of pyridine rings is 1. The summed E-state index contributed by atoms with van der Waals surface area (Å²) in [4.78, 5) is 15.1. The molecule has 0 saturated carbocycles. The lowest BCUT2D eigenvalue weighted by atomic mass is 10.2. The van der Waals surface area contributed by atoms with E-state index in [1.165, 1.54) is 0 Å². The van der Waals surface area contributed by atoms with Gasteiger partial charge in [-0.2, -0.15) is 0 Å². The zero-order chi connectivity index (χ0) is 11.6. The largest absolute Gasteiger partial charge is 0.455 e. The molecule has 5 heteroatoms. The number of carbonyl (C=O) groups excluding carboxylic acids is 1. The van der Waals surface area contributed by atoms with Crippen LogP contribution in [0.15, 0.2) is 12.3 Å². The molecule has 0 amide bonds. The molecule has 15 heavy (non-hydrogen) atoms. The maximum absolute atomic E-state index is 12.8. The number of rotatable bonds is 1. The fourth-order valence-electron chi connectivity index (χ4n) is 0.896. The number of ether oxygens (including phenoxy) is 1. The molecule has 0 saturated heterocycles. The van der Waals surface area contributed by atoms with Gasteiger partial charge in [-0.1, -0.05) is 0 Å². The molecule has 0 aliphatic rings. The van der Waals surface area contributed by atoms with Crippen LogP contribution in [0.5, 0.6) is 0 Å². The summed E-state index contributed by atoms with van der Waals surface area (Å²) >= 11 is 0. The molecule has 0 unspecified atom stereocenters. The Kier molecular flexibility index (Phi) is 2.93. The van der Waals surface area contributed by atoms with Gasteiger partial charge in [-0.3, -0.25) is 0 Å². The molecule has 0 aliphatic heterocycles. The van der Waals surface area contributed by atoms with Crippen LogP contribution in [0.25, 0.3) is 0 Å². The van der Waals surface area contributed by atoms with Gasteiger partial charge < -0.3 is 10.5 Å². The number of nitrogens with zero attached hydrogens (tertiary/aromatic N) is 1. The topological polar surface area (TPSA) is 65.2 Å². The lowest BCUT2D eigenvalue weighted by Gasteiger charge is -2.19. The van der Waals surface area contributed by atoms with Gasteiger partial charge in [0.1, 0.15) is 5.60 Å². The SMILES string of the molecule is CC(C)(C)OC(=O)c1cc(N)c(F)cn1. The van der Waals surface area contributed by atoms with Crippen molar-refractivity contribution >= 4 is 11.7 Å². The van der Waals surface area contributed by atoms with E-state index >= 15 is 0 Å². The number of carbonyl (C=O) groups is 1. The monoisotopic (exact) mass is 212 g/mol. The van der Waals surface area contributed by atoms with Gasteiger partial charge in [0.25, 0.3) is 0 Å². The Balaban J connectivity index is 2.88. The maximum atomic E-state index is 12.8. The average Bonchev–Trinajstić information content (AvgIpc) is 2.06. The van der Waals surface area contributed by atoms with Gasteiger partial charge in [0.2, 0.25) is 0 Å². The van der Waals surface area contributed by atoms with E-state index in [0.717, 1.165) is 12.3 Å². The number of halogens is 1. The molecule has 0 atom stereocenters. The fraction of sp³-hybridized carbons (Fsp3) is 0.400. The second-order valence-electron chi connectivity index (χ2n) is 4.09. The summed E-state index contributed by atoms with van der Waals surface area (Å²) < 4.78 is 17.8. The van der Waals surface area contributed by atoms with Crippen LogP contribution in [0.3, 0.4) is 0 Å². The highest BCUT2D eigenvalue weighted by Gasteiger charge is 2.19. The molecule has 1 aromatic heterocycles. The summed E-state index contributed by atoms with van der Waals surface area (Å²) in [7, 11) is 0. The summed E-state index contributed by atoms with van der Waals surface area (Å²) in [6.45, 7) is 5.20. The lowest BCUT2D eigenvalue weighted by molar-refractivity contribution is 0.00628. The molecule has 82 valence electrons. The van der Waals surface area contributed by atoms with Crippen LogP contribution in [0, 0.1) is 5.82 Å². The van der Waals surface area contributed by atoms with Crippen LogP contribution >= 0.6 is 0 Å². The number of anilines is 1. The Bertz CT molecular complexity index is 385. The summed E-state index contributed by atoms with van der Waals surface area (Å²) in [6.07, 6.45) is 0.897. The third-order valence-electron chi connectivity index (χ3n) is 1.49. The first kappa shape index (κ1) is 11.4. The van der Waals surface area contributed by atoms with E-state index in [4.69, 9.17) is 10.5 Å². The highest BCUT2D eigenvalue weighted by atomic mass is 19.1. The van der Waals surface area contributed by atoms with Crippen molar-refractivity contribution < 1.29 is 13.9 Å². The third-order valence-corrected chi connectivity index (χ3v) is 1.49. The smallest absolute Gasteiger partial charge is 0.357 e. The average molecular weight is 212 g/mol. The van der Waals surface area contributed by atoms with Crippen molar-refractivity contribution in [2.45, 2.75) is 26.4 Å². The predicted octanol–water partition coefficient (Wildman–Crippen LogP) is 1.76. The third kappa shape index (κ3) is 3.19. The van der Waals surface area contributed by atoms with E-state index in [1.54, 1.807) is 20.8 Å². The van der Waals surface area contributed by atoms with E-state index < -0.39 is 17.4 Å². The molecule has 2 N–H and O–H groups in total. The summed E-state index contributed by atoms with van der Waals surface area (Å²) in [5.41, 5.74) is 4.57. The molecule has 0 bridgehead atoms. The molecular weight excluding hydrogens is 199 g/mol. The molecule has 0 fully saturated rings. The Morgan fingerprint density at radius 1 is 1.53 bits per heavy atom. The first-order valence-corrected chi connectivity index (χ1v) is 4.44. The molecule has 4 nitrogen and oxygen atoms in total. The Hall–Kier alpha value is -1.65. The number of esters is 1. The van der Waals surface area contributed by atoms with E-state index in [2.05, 4.69) is 4.98 Å². The Labute approximate surface area is 87.3 Å². The molecule has 0 aromatic carbocycles. The normalized spacial score (nSPS) is 11.2. The van der Waals surface area contributed by atoms with E-state index in [1.807, 2.05) is 0 Å². The Morgan fingerprint density at radius 2 is 2.13 bits per heavy atom. The van der Waals surface area contributed by atoms with Crippen LogP contribution in [0.4, 0.5) is 10.1 Å². The zero-order valence-electron chi connectivity index (χ0n) is 8.87. The van der Waals surface area contributed by atoms with Crippen LogP contribution in [0.2, 0.25) is 0 Å². The minimum Gasteiger partial charge on any atom is -0.455 e. The number of nitrogens with two attached hydrogens (primary N) is 1. The van der Waals surface area contributed by atoms with E-state index in [0.29, 0.717) is 0 Å². The molecular formula is C10H13FN2O2. The van der Waals surface area contributed by atoms with Gasteiger partial charge in [-0.05, 0) is 26.8 Å². The van der Waals surface area contributed by atoms with Crippen LogP contribution < -0.4 is 5.73 Å². The highest BCUT2D eigenvalue weighted by Crippen LogP contribution is 2.14. The molecule has 0 aliphatic carbocycles. The second-order valence-corrected chi connectivity index (χ2v) is 4.09. The predicted molar refractivity (Wildman–Crippen MR) is 53.8 cm³/mol. The van der Waals surface area contributed by atoms with Gasteiger partial charge in [0.15, 0.2) is 11.5 Å². The summed E-state index contributed by atoms with van der Waals surface area (Å²) in [6, 6.07) is 1.16. The van der Waals surface area contributed by atoms with Crippen LogP contribution in [0.1, 0.15) is 31.3 Å². The van der Waals surface area contributed by atoms with Crippen LogP contribution in [-0.4, -0.2) is 16.6 Å². The standard InChI is InChI=1S/C10H13FN2O2/c1-10(2,3)15-9(14)8-4-7(12)6(11)5-13-8/h4-5H,1-3H3,(H2,12,13). The van der Waals surface area contributed by atoms with Crippen molar-refractivity contribution in [3.05, 3.63) is 23.8 Å².